The number of hydrogen-bond acceptors (Lipinski definition) is 3. The molecule has 3 heteroatoms. The highest BCUT2D eigenvalue weighted by molar-refractivity contribution is 5.02. The fourth-order valence-electron chi connectivity index (χ4n) is 5.50. The molecule has 0 aliphatic heterocycles. The molecule has 0 unspecified atom stereocenters. The lowest BCUT2D eigenvalue weighted by Crippen LogP contribution is -2.50. The Morgan fingerprint density at radius 1 is 0.900 bits per heavy atom. The molecular formula is C17H32N2O. The molecule has 4 fully saturated rings. The van der Waals surface area contributed by atoms with Crippen LogP contribution in [-0.2, 0) is 4.74 Å². The Morgan fingerprint density at radius 3 is 2.10 bits per heavy atom. The van der Waals surface area contributed by atoms with Crippen LogP contribution in [0.15, 0.2) is 0 Å². The smallest absolute Gasteiger partial charge is 0.0587 e. The summed E-state index contributed by atoms with van der Waals surface area (Å²) < 4.78 is 5.03. The minimum Gasteiger partial charge on any atom is -0.383 e. The van der Waals surface area contributed by atoms with Crippen molar-refractivity contribution >= 4 is 0 Å². The predicted octanol–water partition coefficient (Wildman–Crippen LogP) is 2.42. The van der Waals surface area contributed by atoms with Crippen molar-refractivity contribution in [1.29, 1.82) is 0 Å². The van der Waals surface area contributed by atoms with Crippen molar-refractivity contribution in [3.63, 3.8) is 0 Å². The van der Waals surface area contributed by atoms with Gasteiger partial charge in [0.2, 0.25) is 0 Å². The lowest BCUT2D eigenvalue weighted by Gasteiger charge is -2.57. The van der Waals surface area contributed by atoms with E-state index in [1.54, 1.807) is 26.4 Å². The number of nitrogens with one attached hydrogen (secondary N) is 2. The summed E-state index contributed by atoms with van der Waals surface area (Å²) in [4.78, 5) is 0. The van der Waals surface area contributed by atoms with Crippen molar-refractivity contribution in [1.82, 2.24) is 10.6 Å². The fraction of sp³-hybridized carbons (Fsp3) is 1.00. The number of rotatable bonds is 9. The molecule has 0 aromatic rings. The topological polar surface area (TPSA) is 33.3 Å². The largest absolute Gasteiger partial charge is 0.383 e. The third-order valence-electron chi connectivity index (χ3n) is 5.86. The first kappa shape index (κ1) is 14.8. The molecule has 0 spiro atoms. The van der Waals surface area contributed by atoms with Gasteiger partial charge in [0.25, 0.3) is 0 Å². The molecule has 116 valence electrons. The first-order valence-electron chi connectivity index (χ1n) is 8.70. The van der Waals surface area contributed by atoms with Gasteiger partial charge in [-0.3, -0.25) is 0 Å². The van der Waals surface area contributed by atoms with E-state index < -0.39 is 0 Å². The maximum atomic E-state index is 5.03. The van der Waals surface area contributed by atoms with Crippen LogP contribution in [0.3, 0.4) is 0 Å². The van der Waals surface area contributed by atoms with E-state index in [1.165, 1.54) is 38.8 Å². The van der Waals surface area contributed by atoms with Gasteiger partial charge in [0.15, 0.2) is 0 Å². The SMILES string of the molecule is COCCNCCCNCC12CC3CC(CC(C3)C1)C2. The van der Waals surface area contributed by atoms with Crippen LogP contribution in [0.1, 0.15) is 44.9 Å². The monoisotopic (exact) mass is 280 g/mol. The van der Waals surface area contributed by atoms with E-state index >= 15 is 0 Å². The van der Waals surface area contributed by atoms with Crippen molar-refractivity contribution in [2.45, 2.75) is 44.9 Å². The average molecular weight is 280 g/mol. The van der Waals surface area contributed by atoms with E-state index in [0.29, 0.717) is 5.41 Å². The summed E-state index contributed by atoms with van der Waals surface area (Å²) >= 11 is 0. The number of ether oxygens (including phenoxy) is 1. The molecule has 4 aliphatic carbocycles. The summed E-state index contributed by atoms with van der Waals surface area (Å²) in [6, 6.07) is 0. The Labute approximate surface area is 124 Å². The van der Waals surface area contributed by atoms with Crippen LogP contribution in [0.2, 0.25) is 0 Å². The second-order valence-electron chi connectivity index (χ2n) is 7.69. The molecule has 0 saturated heterocycles. The number of hydrogen-bond donors (Lipinski definition) is 2. The Bertz CT molecular complexity index is 270. The van der Waals surface area contributed by atoms with Crippen LogP contribution in [0.25, 0.3) is 0 Å². The highest BCUT2D eigenvalue weighted by Gasteiger charge is 2.50. The van der Waals surface area contributed by atoms with Gasteiger partial charge in [-0.2, -0.15) is 0 Å². The van der Waals surface area contributed by atoms with Crippen LogP contribution >= 0.6 is 0 Å². The zero-order valence-electron chi connectivity index (χ0n) is 13.1. The molecule has 0 aromatic heterocycles. The quantitative estimate of drug-likeness (QED) is 0.636. The highest BCUT2D eigenvalue weighted by atomic mass is 16.5. The third kappa shape index (κ3) is 3.55. The second kappa shape index (κ2) is 6.76. The normalized spacial score (nSPS) is 38.5. The van der Waals surface area contributed by atoms with Gasteiger partial charge >= 0.3 is 0 Å². The van der Waals surface area contributed by atoms with E-state index in [0.717, 1.165) is 37.5 Å². The maximum Gasteiger partial charge on any atom is 0.0587 e. The van der Waals surface area contributed by atoms with Crippen molar-refractivity contribution in [2.75, 3.05) is 39.9 Å². The summed E-state index contributed by atoms with van der Waals surface area (Å²) in [5.41, 5.74) is 0.693. The fourth-order valence-corrected chi connectivity index (χ4v) is 5.50. The van der Waals surface area contributed by atoms with E-state index in [9.17, 15) is 0 Å². The van der Waals surface area contributed by atoms with Gasteiger partial charge in [-0.15, -0.1) is 0 Å². The van der Waals surface area contributed by atoms with Gasteiger partial charge in [-0.1, -0.05) is 0 Å². The molecular weight excluding hydrogens is 248 g/mol. The molecule has 0 amide bonds. The summed E-state index contributed by atoms with van der Waals surface area (Å²) in [5, 5.41) is 7.18. The van der Waals surface area contributed by atoms with E-state index in [2.05, 4.69) is 10.6 Å². The lowest BCUT2D eigenvalue weighted by atomic mass is 9.49. The van der Waals surface area contributed by atoms with Crippen molar-refractivity contribution in [2.24, 2.45) is 23.2 Å². The van der Waals surface area contributed by atoms with Crippen LogP contribution in [0.4, 0.5) is 0 Å². The number of methoxy groups -OCH3 is 1. The third-order valence-corrected chi connectivity index (χ3v) is 5.86. The van der Waals surface area contributed by atoms with Gasteiger partial charge < -0.3 is 15.4 Å². The molecule has 0 aromatic carbocycles. The zero-order chi connectivity index (χ0) is 13.8. The van der Waals surface area contributed by atoms with Crippen molar-refractivity contribution < 1.29 is 4.74 Å². The Kier molecular flexibility index (Phi) is 5.00. The standard InChI is InChI=1S/C17H32N2O/c1-20-6-5-18-3-2-4-19-13-17-10-14-7-15(11-17)9-16(8-14)12-17/h14-16,18-19H,2-13H2,1H3. The zero-order valence-corrected chi connectivity index (χ0v) is 13.1. The molecule has 20 heavy (non-hydrogen) atoms. The molecule has 2 N–H and O–H groups in total. The first-order valence-corrected chi connectivity index (χ1v) is 8.70. The second-order valence-corrected chi connectivity index (χ2v) is 7.69. The summed E-state index contributed by atoms with van der Waals surface area (Å²) in [5.74, 6) is 3.25. The lowest BCUT2D eigenvalue weighted by molar-refractivity contribution is -0.0511. The minimum absolute atomic E-state index is 0.693. The average Bonchev–Trinajstić information content (AvgIpc) is 2.40. The molecule has 0 heterocycles. The molecule has 0 atom stereocenters. The maximum absolute atomic E-state index is 5.03. The summed E-state index contributed by atoms with van der Waals surface area (Å²) in [7, 11) is 1.76. The predicted molar refractivity (Wildman–Crippen MR) is 82.8 cm³/mol. The Hall–Kier alpha value is -0.120. The van der Waals surface area contributed by atoms with Crippen LogP contribution in [0.5, 0.6) is 0 Å². The van der Waals surface area contributed by atoms with Gasteiger partial charge in [0.1, 0.15) is 0 Å². The molecule has 4 saturated carbocycles. The Morgan fingerprint density at radius 2 is 1.50 bits per heavy atom. The van der Waals surface area contributed by atoms with Gasteiger partial charge in [0, 0.05) is 20.2 Å². The van der Waals surface area contributed by atoms with Gasteiger partial charge in [-0.05, 0) is 81.2 Å². The molecule has 4 aliphatic rings. The molecule has 4 rings (SSSR count). The molecule has 0 radical (unpaired) electrons. The van der Waals surface area contributed by atoms with E-state index in [-0.39, 0.29) is 0 Å². The van der Waals surface area contributed by atoms with Gasteiger partial charge in [-0.25, -0.2) is 0 Å². The van der Waals surface area contributed by atoms with Gasteiger partial charge in [0.05, 0.1) is 6.61 Å². The summed E-state index contributed by atoms with van der Waals surface area (Å²) in [6.45, 7) is 5.36. The highest BCUT2D eigenvalue weighted by Crippen LogP contribution is 2.59. The van der Waals surface area contributed by atoms with E-state index in [1.807, 2.05) is 0 Å². The Balaban J connectivity index is 1.31. The summed E-state index contributed by atoms with van der Waals surface area (Å²) in [6.07, 6.45) is 10.5. The molecule has 3 nitrogen and oxygen atoms in total. The van der Waals surface area contributed by atoms with Crippen molar-refractivity contribution in [3.8, 4) is 0 Å². The van der Waals surface area contributed by atoms with Crippen LogP contribution < -0.4 is 10.6 Å². The van der Waals surface area contributed by atoms with E-state index in [4.69, 9.17) is 4.74 Å². The molecule has 4 bridgehead atoms. The van der Waals surface area contributed by atoms with Crippen LogP contribution in [-0.4, -0.2) is 39.9 Å². The van der Waals surface area contributed by atoms with Crippen LogP contribution in [0, 0.1) is 23.2 Å². The minimum atomic E-state index is 0.693. The first-order chi connectivity index (χ1) is 9.80. The van der Waals surface area contributed by atoms with Crippen molar-refractivity contribution in [3.05, 3.63) is 0 Å².